The molecule has 0 radical (unpaired) electrons. The second-order valence-electron chi connectivity index (χ2n) is 3.41. The number of hydrogen-bond acceptors (Lipinski definition) is 2. The molecule has 4 nitrogen and oxygen atoms in total. The van der Waals surface area contributed by atoms with Gasteiger partial charge in [0.2, 0.25) is 0 Å². The molecule has 17 heavy (non-hydrogen) atoms. The number of aromatic nitrogens is 2. The second-order valence-corrected chi connectivity index (χ2v) is 5.18. The Bertz CT molecular complexity index is 526. The van der Waals surface area contributed by atoms with Crippen LogP contribution in [0.3, 0.4) is 0 Å². The molecule has 0 atom stereocenters. The van der Waals surface area contributed by atoms with Crippen LogP contribution in [0.5, 0.6) is 0 Å². The van der Waals surface area contributed by atoms with Gasteiger partial charge in [0.1, 0.15) is 0 Å². The van der Waals surface area contributed by atoms with E-state index in [0.717, 1.165) is 14.5 Å². The predicted octanol–water partition coefficient (Wildman–Crippen LogP) is 2.86. The molecule has 0 bridgehead atoms. The molecule has 0 saturated carbocycles. The minimum absolute atomic E-state index is 0.120. The first-order valence-corrected chi connectivity index (χ1v) is 6.46. The summed E-state index contributed by atoms with van der Waals surface area (Å²) in [6, 6.07) is 5.43. The quantitative estimate of drug-likeness (QED) is 0.886. The normalized spacial score (nSPS) is 10.2. The lowest BCUT2D eigenvalue weighted by molar-refractivity contribution is 0.0950. The van der Waals surface area contributed by atoms with Crippen molar-refractivity contribution in [2.45, 2.75) is 6.54 Å². The van der Waals surface area contributed by atoms with Crippen molar-refractivity contribution < 1.29 is 4.79 Å². The van der Waals surface area contributed by atoms with Crippen LogP contribution in [0.1, 0.15) is 15.9 Å². The van der Waals surface area contributed by atoms with E-state index < -0.39 is 0 Å². The summed E-state index contributed by atoms with van der Waals surface area (Å²) < 4.78 is 1.69. The number of hydrogen-bond donors (Lipinski definition) is 2. The number of H-pyrrole nitrogens is 1. The van der Waals surface area contributed by atoms with Crippen molar-refractivity contribution in [1.29, 1.82) is 0 Å². The molecule has 1 amide bonds. The fraction of sp³-hybridized carbons (Fsp3) is 0.0909. The molecule has 0 aliphatic carbocycles. The van der Waals surface area contributed by atoms with Gasteiger partial charge in [-0.2, -0.15) is 5.10 Å². The highest BCUT2D eigenvalue weighted by Gasteiger charge is 2.09. The van der Waals surface area contributed by atoms with Crippen LogP contribution < -0.4 is 5.32 Å². The molecule has 0 saturated heterocycles. The molecule has 6 heteroatoms. The molecule has 2 N–H and O–H groups in total. The molecule has 1 aromatic heterocycles. The Labute approximate surface area is 115 Å². The maximum Gasteiger partial charge on any atom is 0.252 e. The first-order chi connectivity index (χ1) is 8.16. The zero-order valence-corrected chi connectivity index (χ0v) is 11.9. The summed E-state index contributed by atoms with van der Waals surface area (Å²) in [6.07, 6.45) is 3.42. The maximum absolute atomic E-state index is 11.9. The van der Waals surface area contributed by atoms with Crippen molar-refractivity contribution in [3.8, 4) is 0 Å². The van der Waals surface area contributed by atoms with E-state index in [0.29, 0.717) is 12.1 Å². The summed E-state index contributed by atoms with van der Waals surface area (Å²) in [5.74, 6) is -0.120. The molecule has 0 fully saturated rings. The molecule has 0 aliphatic rings. The SMILES string of the molecule is O=C(NCc1cn[nH]c1)c1ccc(Br)cc1Br. The molecule has 1 heterocycles. The van der Waals surface area contributed by atoms with E-state index in [1.165, 1.54) is 0 Å². The molecule has 1 aromatic carbocycles. The Balaban J connectivity index is 2.04. The lowest BCUT2D eigenvalue weighted by Crippen LogP contribution is -2.22. The minimum atomic E-state index is -0.120. The fourth-order valence-electron chi connectivity index (χ4n) is 1.33. The van der Waals surface area contributed by atoms with Crippen LogP contribution in [0.4, 0.5) is 0 Å². The summed E-state index contributed by atoms with van der Waals surface area (Å²) >= 11 is 6.70. The lowest BCUT2D eigenvalue weighted by Gasteiger charge is -2.06. The Hall–Kier alpha value is -1.14. The minimum Gasteiger partial charge on any atom is -0.348 e. The molecule has 2 aromatic rings. The zero-order chi connectivity index (χ0) is 12.3. The number of benzene rings is 1. The number of amides is 1. The van der Waals surface area contributed by atoms with Crippen LogP contribution in [0.25, 0.3) is 0 Å². The highest BCUT2D eigenvalue weighted by atomic mass is 79.9. The Kier molecular flexibility index (Phi) is 3.96. The van der Waals surface area contributed by atoms with Gasteiger partial charge in [0.25, 0.3) is 5.91 Å². The molecular weight excluding hydrogens is 350 g/mol. The molecule has 0 unspecified atom stereocenters. The average Bonchev–Trinajstić information content (AvgIpc) is 2.78. The van der Waals surface area contributed by atoms with Gasteiger partial charge >= 0.3 is 0 Å². The fourth-order valence-corrected chi connectivity index (χ4v) is 2.55. The third-order valence-corrected chi connectivity index (χ3v) is 3.33. The standard InChI is InChI=1S/C11H9Br2N3O/c12-8-1-2-9(10(13)3-8)11(17)14-4-7-5-15-16-6-7/h1-3,5-6H,4H2,(H,14,17)(H,15,16). The third-order valence-electron chi connectivity index (χ3n) is 2.18. The number of rotatable bonds is 3. The van der Waals surface area contributed by atoms with Crippen molar-refractivity contribution in [3.05, 3.63) is 50.7 Å². The van der Waals surface area contributed by atoms with Crippen LogP contribution in [-0.4, -0.2) is 16.1 Å². The summed E-state index contributed by atoms with van der Waals surface area (Å²) in [6.45, 7) is 0.456. The maximum atomic E-state index is 11.9. The highest BCUT2D eigenvalue weighted by molar-refractivity contribution is 9.11. The Morgan fingerprint density at radius 1 is 1.41 bits per heavy atom. The highest BCUT2D eigenvalue weighted by Crippen LogP contribution is 2.21. The Morgan fingerprint density at radius 3 is 2.88 bits per heavy atom. The van der Waals surface area contributed by atoms with Crippen LogP contribution in [0, 0.1) is 0 Å². The van der Waals surface area contributed by atoms with Gasteiger partial charge in [-0.3, -0.25) is 9.89 Å². The summed E-state index contributed by atoms with van der Waals surface area (Å²) in [5.41, 5.74) is 1.54. The van der Waals surface area contributed by atoms with Crippen LogP contribution in [-0.2, 0) is 6.54 Å². The largest absolute Gasteiger partial charge is 0.348 e. The molecule has 88 valence electrons. The van der Waals surface area contributed by atoms with Gasteiger partial charge in [-0.15, -0.1) is 0 Å². The molecule has 0 spiro atoms. The lowest BCUT2D eigenvalue weighted by atomic mass is 10.2. The number of halogens is 2. The van der Waals surface area contributed by atoms with Crippen LogP contribution >= 0.6 is 31.9 Å². The van der Waals surface area contributed by atoms with Gasteiger partial charge in [0.15, 0.2) is 0 Å². The van der Waals surface area contributed by atoms with Gasteiger partial charge in [-0.1, -0.05) is 15.9 Å². The second kappa shape index (κ2) is 5.46. The summed E-state index contributed by atoms with van der Waals surface area (Å²) in [5, 5.41) is 9.32. The van der Waals surface area contributed by atoms with E-state index in [1.54, 1.807) is 18.5 Å². The van der Waals surface area contributed by atoms with Crippen LogP contribution in [0.2, 0.25) is 0 Å². The molecule has 0 aliphatic heterocycles. The van der Waals surface area contributed by atoms with E-state index in [1.807, 2.05) is 12.1 Å². The van der Waals surface area contributed by atoms with E-state index in [-0.39, 0.29) is 5.91 Å². The number of nitrogens with one attached hydrogen (secondary N) is 2. The third kappa shape index (κ3) is 3.17. The smallest absolute Gasteiger partial charge is 0.252 e. The summed E-state index contributed by atoms with van der Waals surface area (Å²) in [7, 11) is 0. The van der Waals surface area contributed by atoms with Crippen molar-refractivity contribution in [2.24, 2.45) is 0 Å². The van der Waals surface area contributed by atoms with E-state index >= 15 is 0 Å². The zero-order valence-electron chi connectivity index (χ0n) is 8.71. The van der Waals surface area contributed by atoms with Gasteiger partial charge in [0, 0.05) is 27.3 Å². The van der Waals surface area contributed by atoms with E-state index in [2.05, 4.69) is 47.4 Å². The van der Waals surface area contributed by atoms with Gasteiger partial charge in [-0.05, 0) is 34.1 Å². The number of carbonyl (C=O) groups excluding carboxylic acids is 1. The van der Waals surface area contributed by atoms with Gasteiger partial charge in [-0.25, -0.2) is 0 Å². The number of aromatic amines is 1. The number of nitrogens with zero attached hydrogens (tertiary/aromatic N) is 1. The predicted molar refractivity (Wildman–Crippen MR) is 71.6 cm³/mol. The average molecular weight is 359 g/mol. The van der Waals surface area contributed by atoms with Crippen molar-refractivity contribution in [1.82, 2.24) is 15.5 Å². The van der Waals surface area contributed by atoms with Crippen molar-refractivity contribution in [3.63, 3.8) is 0 Å². The molecular formula is C11H9Br2N3O. The first kappa shape index (κ1) is 12.3. The van der Waals surface area contributed by atoms with E-state index in [4.69, 9.17) is 0 Å². The topological polar surface area (TPSA) is 57.8 Å². The summed E-state index contributed by atoms with van der Waals surface area (Å²) in [4.78, 5) is 11.9. The Morgan fingerprint density at radius 2 is 2.24 bits per heavy atom. The van der Waals surface area contributed by atoms with Gasteiger partial charge < -0.3 is 5.32 Å². The van der Waals surface area contributed by atoms with Gasteiger partial charge in [0.05, 0.1) is 11.8 Å². The van der Waals surface area contributed by atoms with E-state index in [9.17, 15) is 4.79 Å². The van der Waals surface area contributed by atoms with Crippen molar-refractivity contribution >= 4 is 37.8 Å². The van der Waals surface area contributed by atoms with Crippen LogP contribution in [0.15, 0.2) is 39.5 Å². The monoisotopic (exact) mass is 357 g/mol. The first-order valence-electron chi connectivity index (χ1n) is 4.88. The van der Waals surface area contributed by atoms with Crippen molar-refractivity contribution in [2.75, 3.05) is 0 Å². The number of carbonyl (C=O) groups is 1. The molecule has 2 rings (SSSR count).